The van der Waals surface area contributed by atoms with E-state index in [0.29, 0.717) is 0 Å². The number of ether oxygens (including phenoxy) is 1. The predicted molar refractivity (Wildman–Crippen MR) is 89.3 cm³/mol. The van der Waals surface area contributed by atoms with Gasteiger partial charge in [-0.2, -0.15) is 5.26 Å². The van der Waals surface area contributed by atoms with Gasteiger partial charge >= 0.3 is 0 Å². The second kappa shape index (κ2) is 7.18. The standard InChI is InChI=1S/C17H15N3O2S/c18-10-9-17-19-15-3-1-2-4-16(15)20(17)23-14-7-5-13(6-8-14)22-12-11-21/h1-8,21H,9,11-12H2. The van der Waals surface area contributed by atoms with E-state index in [0.717, 1.165) is 27.5 Å². The second-order valence-electron chi connectivity index (χ2n) is 4.78. The van der Waals surface area contributed by atoms with Gasteiger partial charge in [-0.25, -0.2) is 4.98 Å². The molecular formula is C17H15N3O2S. The molecule has 0 atom stereocenters. The van der Waals surface area contributed by atoms with Gasteiger partial charge in [0, 0.05) is 4.90 Å². The van der Waals surface area contributed by atoms with Gasteiger partial charge in [-0.15, -0.1) is 0 Å². The van der Waals surface area contributed by atoms with Crippen molar-refractivity contribution < 1.29 is 9.84 Å². The SMILES string of the molecule is N#CCc1nc2ccccc2n1Sc1ccc(OCCO)cc1. The minimum absolute atomic E-state index is 0.00491. The Morgan fingerprint density at radius 3 is 2.70 bits per heavy atom. The summed E-state index contributed by atoms with van der Waals surface area (Å²) in [7, 11) is 0. The summed E-state index contributed by atoms with van der Waals surface area (Å²) in [5, 5.41) is 17.8. The molecule has 0 bridgehead atoms. The summed E-state index contributed by atoms with van der Waals surface area (Å²) in [6.45, 7) is 0.278. The Bertz CT molecular complexity index is 837. The second-order valence-corrected chi connectivity index (χ2v) is 5.80. The van der Waals surface area contributed by atoms with E-state index in [1.807, 2.05) is 52.5 Å². The Kier molecular flexibility index (Phi) is 4.81. The van der Waals surface area contributed by atoms with Crippen molar-refractivity contribution in [3.8, 4) is 11.8 Å². The fourth-order valence-corrected chi connectivity index (χ4v) is 3.14. The lowest BCUT2D eigenvalue weighted by Gasteiger charge is -2.08. The highest BCUT2D eigenvalue weighted by Gasteiger charge is 2.11. The van der Waals surface area contributed by atoms with Crippen molar-refractivity contribution >= 4 is 23.0 Å². The molecule has 0 aliphatic carbocycles. The molecule has 5 nitrogen and oxygen atoms in total. The number of fused-ring (bicyclic) bond motifs is 1. The molecule has 0 saturated heterocycles. The third-order valence-electron chi connectivity index (χ3n) is 3.20. The van der Waals surface area contributed by atoms with Gasteiger partial charge in [0.2, 0.25) is 0 Å². The maximum atomic E-state index is 9.00. The van der Waals surface area contributed by atoms with Gasteiger partial charge in [0.05, 0.1) is 30.1 Å². The van der Waals surface area contributed by atoms with Crippen LogP contribution in [0.15, 0.2) is 53.4 Å². The van der Waals surface area contributed by atoms with Crippen LogP contribution in [0.3, 0.4) is 0 Å². The van der Waals surface area contributed by atoms with Crippen LogP contribution in [-0.4, -0.2) is 27.3 Å². The molecule has 3 aromatic rings. The number of aliphatic hydroxyl groups is 1. The molecule has 0 amide bonds. The van der Waals surface area contributed by atoms with E-state index in [9.17, 15) is 0 Å². The molecular weight excluding hydrogens is 310 g/mol. The summed E-state index contributed by atoms with van der Waals surface area (Å²) in [6, 6.07) is 17.6. The number of nitriles is 1. The maximum Gasteiger partial charge on any atom is 0.134 e. The summed E-state index contributed by atoms with van der Waals surface area (Å²) in [6.07, 6.45) is 0.263. The van der Waals surface area contributed by atoms with Crippen LogP contribution in [0.25, 0.3) is 11.0 Å². The number of aliphatic hydroxyl groups excluding tert-OH is 1. The van der Waals surface area contributed by atoms with E-state index in [4.69, 9.17) is 15.1 Å². The van der Waals surface area contributed by atoms with Crippen molar-refractivity contribution in [2.24, 2.45) is 0 Å². The summed E-state index contributed by atoms with van der Waals surface area (Å²) in [4.78, 5) is 5.54. The normalized spacial score (nSPS) is 10.6. The zero-order valence-corrected chi connectivity index (χ0v) is 13.2. The molecule has 0 saturated carbocycles. The summed E-state index contributed by atoms with van der Waals surface area (Å²) < 4.78 is 7.34. The molecule has 0 radical (unpaired) electrons. The van der Waals surface area contributed by atoms with Gasteiger partial charge in [0.1, 0.15) is 18.2 Å². The Balaban J connectivity index is 1.88. The first-order valence-electron chi connectivity index (χ1n) is 7.17. The molecule has 116 valence electrons. The third-order valence-corrected chi connectivity index (χ3v) is 4.28. The van der Waals surface area contributed by atoms with Crippen LogP contribution in [0, 0.1) is 11.3 Å². The van der Waals surface area contributed by atoms with Crippen LogP contribution < -0.4 is 4.74 Å². The molecule has 0 aliphatic rings. The Morgan fingerprint density at radius 1 is 1.17 bits per heavy atom. The molecule has 0 fully saturated rings. The number of hydrogen-bond acceptors (Lipinski definition) is 5. The molecule has 0 aliphatic heterocycles. The number of rotatable bonds is 6. The quantitative estimate of drug-likeness (QED) is 0.754. The molecule has 1 aromatic heterocycles. The van der Waals surface area contributed by atoms with Crippen LogP contribution >= 0.6 is 11.9 Å². The topological polar surface area (TPSA) is 71.1 Å². The third kappa shape index (κ3) is 3.47. The summed E-state index contributed by atoms with van der Waals surface area (Å²) >= 11 is 1.52. The molecule has 1 N–H and O–H groups in total. The number of hydrogen-bond donors (Lipinski definition) is 1. The molecule has 0 unspecified atom stereocenters. The molecule has 0 spiro atoms. The van der Waals surface area contributed by atoms with E-state index in [1.165, 1.54) is 11.9 Å². The molecule has 3 rings (SSSR count). The van der Waals surface area contributed by atoms with Gasteiger partial charge in [-0.1, -0.05) is 12.1 Å². The summed E-state index contributed by atoms with van der Waals surface area (Å²) in [5.41, 5.74) is 1.87. The van der Waals surface area contributed by atoms with E-state index >= 15 is 0 Å². The Hall–Kier alpha value is -2.49. The van der Waals surface area contributed by atoms with Crippen LogP contribution in [-0.2, 0) is 6.42 Å². The van der Waals surface area contributed by atoms with Crippen LogP contribution in [0.4, 0.5) is 0 Å². The van der Waals surface area contributed by atoms with Crippen molar-refractivity contribution in [2.45, 2.75) is 11.3 Å². The predicted octanol–water partition coefficient (Wildman–Crippen LogP) is 3.03. The average Bonchev–Trinajstić information content (AvgIpc) is 2.92. The maximum absolute atomic E-state index is 9.00. The smallest absolute Gasteiger partial charge is 0.134 e. The Morgan fingerprint density at radius 2 is 1.96 bits per heavy atom. The van der Waals surface area contributed by atoms with Crippen LogP contribution in [0.2, 0.25) is 0 Å². The largest absolute Gasteiger partial charge is 0.491 e. The van der Waals surface area contributed by atoms with Gasteiger partial charge in [-0.05, 0) is 48.3 Å². The zero-order chi connectivity index (χ0) is 16.1. The lowest BCUT2D eigenvalue weighted by Crippen LogP contribution is -2.01. The first-order valence-corrected chi connectivity index (χ1v) is 7.94. The molecule has 6 heteroatoms. The van der Waals surface area contributed by atoms with Crippen LogP contribution in [0.5, 0.6) is 5.75 Å². The van der Waals surface area contributed by atoms with E-state index in [1.54, 1.807) is 0 Å². The number of benzene rings is 2. The lowest BCUT2D eigenvalue weighted by molar-refractivity contribution is 0.201. The van der Waals surface area contributed by atoms with Crippen molar-refractivity contribution in [3.63, 3.8) is 0 Å². The van der Waals surface area contributed by atoms with E-state index in [2.05, 4.69) is 11.1 Å². The monoisotopic (exact) mass is 325 g/mol. The lowest BCUT2D eigenvalue weighted by atomic mass is 10.3. The van der Waals surface area contributed by atoms with Crippen molar-refractivity contribution in [2.75, 3.05) is 13.2 Å². The fraction of sp³-hybridized carbons (Fsp3) is 0.176. The minimum Gasteiger partial charge on any atom is -0.491 e. The summed E-state index contributed by atoms with van der Waals surface area (Å²) in [5.74, 6) is 1.45. The van der Waals surface area contributed by atoms with E-state index in [-0.39, 0.29) is 19.6 Å². The highest BCUT2D eigenvalue weighted by atomic mass is 32.2. The van der Waals surface area contributed by atoms with Gasteiger partial charge in [0.25, 0.3) is 0 Å². The highest BCUT2D eigenvalue weighted by Crippen LogP contribution is 2.29. The zero-order valence-electron chi connectivity index (χ0n) is 12.3. The van der Waals surface area contributed by atoms with Gasteiger partial charge in [0.15, 0.2) is 0 Å². The first-order chi connectivity index (χ1) is 11.3. The number of aromatic nitrogens is 2. The number of para-hydroxylation sites is 2. The van der Waals surface area contributed by atoms with Gasteiger partial charge < -0.3 is 9.84 Å². The van der Waals surface area contributed by atoms with Crippen molar-refractivity contribution in [1.29, 1.82) is 5.26 Å². The van der Waals surface area contributed by atoms with E-state index < -0.39 is 0 Å². The highest BCUT2D eigenvalue weighted by molar-refractivity contribution is 7.98. The van der Waals surface area contributed by atoms with Crippen LogP contribution in [0.1, 0.15) is 5.82 Å². The Labute approximate surface area is 138 Å². The minimum atomic E-state index is -0.00491. The molecule has 23 heavy (non-hydrogen) atoms. The molecule has 1 heterocycles. The van der Waals surface area contributed by atoms with Crippen molar-refractivity contribution in [1.82, 2.24) is 8.96 Å². The van der Waals surface area contributed by atoms with Gasteiger partial charge in [-0.3, -0.25) is 3.97 Å². The van der Waals surface area contributed by atoms with Crippen molar-refractivity contribution in [3.05, 3.63) is 54.4 Å². The number of imidazole rings is 1. The molecule has 2 aromatic carbocycles. The first kappa shape index (κ1) is 15.4. The number of nitrogens with zero attached hydrogens (tertiary/aromatic N) is 3. The average molecular weight is 325 g/mol. The fourth-order valence-electron chi connectivity index (χ4n) is 2.20.